The van der Waals surface area contributed by atoms with Gasteiger partial charge in [-0.05, 0) is 53.4 Å². The summed E-state index contributed by atoms with van der Waals surface area (Å²) >= 11 is 0. The fraction of sp³-hybridized carbons (Fsp3) is 0.680. The van der Waals surface area contributed by atoms with Crippen molar-refractivity contribution in [2.75, 3.05) is 46.8 Å². The minimum atomic E-state index is -5.04. The third kappa shape index (κ3) is 14.2. The maximum Gasteiger partial charge on any atom is 0.471 e. The number of aliphatic hydroxyl groups is 1. The molecule has 0 spiro atoms. The van der Waals surface area contributed by atoms with Gasteiger partial charge in [0.1, 0.15) is 0 Å². The number of rotatable bonds is 17. The van der Waals surface area contributed by atoms with Gasteiger partial charge in [-0.3, -0.25) is 19.4 Å². The highest BCUT2D eigenvalue weighted by Crippen LogP contribution is 2.20. The zero-order chi connectivity index (χ0) is 29.6. The Kier molecular flexibility index (Phi) is 14.9. The van der Waals surface area contributed by atoms with Crippen LogP contribution in [0.5, 0.6) is 0 Å². The van der Waals surface area contributed by atoms with Gasteiger partial charge in [0.15, 0.2) is 6.29 Å². The standard InChI is InChI=1S/C25H40F3N5O6/c1-6-33(12-11-32(4)5)21(34)16-29-15-19-13-18(7-9-30-19)23(36)39-20(14-22(35)38-17(2)3)8-10-31-24(37)25(26,27)28/h7,9,13,17,20,23,29,36H,6,8,10-12,14-16H2,1-5H3,(H,31,37). The van der Waals surface area contributed by atoms with Gasteiger partial charge in [0.25, 0.3) is 0 Å². The van der Waals surface area contributed by atoms with Crippen LogP contribution in [0, 0.1) is 0 Å². The van der Waals surface area contributed by atoms with Crippen molar-refractivity contribution in [2.24, 2.45) is 0 Å². The molecule has 0 radical (unpaired) electrons. The van der Waals surface area contributed by atoms with Crippen LogP contribution in [0.2, 0.25) is 0 Å². The number of likely N-dealkylation sites (N-methyl/N-ethyl adjacent to an activating group) is 2. The molecular weight excluding hydrogens is 523 g/mol. The number of hydrogen-bond acceptors (Lipinski definition) is 9. The molecule has 2 amide bonds. The van der Waals surface area contributed by atoms with E-state index in [1.807, 2.05) is 25.9 Å². The van der Waals surface area contributed by atoms with E-state index < -0.39 is 43.1 Å². The maximum absolute atomic E-state index is 12.5. The Morgan fingerprint density at radius 1 is 1.18 bits per heavy atom. The third-order valence-electron chi connectivity index (χ3n) is 5.35. The van der Waals surface area contributed by atoms with Crippen LogP contribution in [0.1, 0.15) is 51.2 Å². The molecule has 11 nitrogen and oxygen atoms in total. The fourth-order valence-corrected chi connectivity index (χ4v) is 3.36. The molecule has 1 aromatic heterocycles. The second-order valence-corrected chi connectivity index (χ2v) is 9.36. The molecule has 1 aromatic rings. The zero-order valence-electron chi connectivity index (χ0n) is 23.1. The fourth-order valence-electron chi connectivity index (χ4n) is 3.36. The van der Waals surface area contributed by atoms with E-state index in [1.165, 1.54) is 12.3 Å². The van der Waals surface area contributed by atoms with E-state index in [9.17, 15) is 32.7 Å². The minimum absolute atomic E-state index is 0.0624. The first-order chi connectivity index (χ1) is 18.2. The van der Waals surface area contributed by atoms with Gasteiger partial charge in [0, 0.05) is 44.5 Å². The summed E-state index contributed by atoms with van der Waals surface area (Å²) in [6, 6.07) is 3.02. The monoisotopic (exact) mass is 563 g/mol. The number of carbonyl (C=O) groups excluding carboxylic acids is 3. The van der Waals surface area contributed by atoms with Crippen molar-refractivity contribution in [3.05, 3.63) is 29.6 Å². The lowest BCUT2D eigenvalue weighted by molar-refractivity contribution is -0.174. The minimum Gasteiger partial charge on any atom is -0.463 e. The van der Waals surface area contributed by atoms with Gasteiger partial charge in [0.2, 0.25) is 5.91 Å². The SMILES string of the molecule is CCN(CCN(C)C)C(=O)CNCc1cc(C(O)OC(CCNC(=O)C(F)(F)F)CC(=O)OC(C)C)ccn1. The van der Waals surface area contributed by atoms with Crippen LogP contribution in [0.15, 0.2) is 18.3 Å². The van der Waals surface area contributed by atoms with Gasteiger partial charge in [0.05, 0.1) is 30.9 Å². The van der Waals surface area contributed by atoms with Crippen LogP contribution < -0.4 is 10.6 Å². The van der Waals surface area contributed by atoms with Crippen LogP contribution in [-0.4, -0.2) is 103 Å². The van der Waals surface area contributed by atoms with E-state index in [0.29, 0.717) is 18.8 Å². The summed E-state index contributed by atoms with van der Waals surface area (Å²) in [4.78, 5) is 43.6. The van der Waals surface area contributed by atoms with Gasteiger partial charge in [-0.25, -0.2) is 0 Å². The number of nitrogens with zero attached hydrogens (tertiary/aromatic N) is 3. The van der Waals surface area contributed by atoms with Crippen LogP contribution in [0.3, 0.4) is 0 Å². The van der Waals surface area contributed by atoms with Crippen molar-refractivity contribution >= 4 is 17.8 Å². The van der Waals surface area contributed by atoms with Crippen LogP contribution >= 0.6 is 0 Å². The highest BCUT2D eigenvalue weighted by Gasteiger charge is 2.38. The largest absolute Gasteiger partial charge is 0.471 e. The summed E-state index contributed by atoms with van der Waals surface area (Å²) in [5.41, 5.74) is 0.795. The summed E-state index contributed by atoms with van der Waals surface area (Å²) in [6.07, 6.45) is -7.15. The number of amides is 2. The molecule has 0 fully saturated rings. The van der Waals surface area contributed by atoms with Crippen molar-refractivity contribution in [3.63, 3.8) is 0 Å². The zero-order valence-corrected chi connectivity index (χ0v) is 23.1. The van der Waals surface area contributed by atoms with E-state index in [4.69, 9.17) is 9.47 Å². The number of aromatic nitrogens is 1. The number of halogens is 3. The number of esters is 1. The second-order valence-electron chi connectivity index (χ2n) is 9.36. The Bertz CT molecular complexity index is 916. The van der Waals surface area contributed by atoms with E-state index in [0.717, 1.165) is 6.54 Å². The molecule has 222 valence electrons. The molecule has 0 aliphatic rings. The molecular formula is C25H40F3N5O6. The number of pyridine rings is 1. The molecule has 1 heterocycles. The van der Waals surface area contributed by atoms with Gasteiger partial charge in [-0.2, -0.15) is 13.2 Å². The molecule has 2 atom stereocenters. The van der Waals surface area contributed by atoms with E-state index in [2.05, 4.69) is 10.3 Å². The molecule has 0 aromatic carbocycles. The lowest BCUT2D eigenvalue weighted by Gasteiger charge is -2.23. The summed E-state index contributed by atoms with van der Waals surface area (Å²) < 4.78 is 48.0. The Labute approximate surface area is 227 Å². The Morgan fingerprint density at radius 3 is 2.46 bits per heavy atom. The van der Waals surface area contributed by atoms with E-state index >= 15 is 0 Å². The first kappa shape index (κ1) is 34.2. The summed E-state index contributed by atoms with van der Waals surface area (Å²) in [5.74, 6) is -2.84. The number of ether oxygens (including phenoxy) is 2. The van der Waals surface area contributed by atoms with E-state index in [-0.39, 0.29) is 37.4 Å². The van der Waals surface area contributed by atoms with Gasteiger partial charge in [-0.15, -0.1) is 0 Å². The van der Waals surface area contributed by atoms with Gasteiger partial charge < -0.3 is 35.0 Å². The lowest BCUT2D eigenvalue weighted by atomic mass is 10.1. The predicted molar refractivity (Wildman–Crippen MR) is 136 cm³/mol. The molecule has 39 heavy (non-hydrogen) atoms. The first-order valence-corrected chi connectivity index (χ1v) is 12.7. The summed E-state index contributed by atoms with van der Waals surface area (Å²) in [5, 5.41) is 15.4. The van der Waals surface area contributed by atoms with Crippen molar-refractivity contribution in [3.8, 4) is 0 Å². The molecule has 2 unspecified atom stereocenters. The second kappa shape index (κ2) is 17.0. The number of alkyl halides is 3. The highest BCUT2D eigenvalue weighted by molar-refractivity contribution is 5.81. The molecule has 0 aliphatic heterocycles. The average Bonchev–Trinajstić information content (AvgIpc) is 2.83. The predicted octanol–water partition coefficient (Wildman–Crippen LogP) is 1.37. The molecule has 0 aliphatic carbocycles. The quantitative estimate of drug-likeness (QED) is 0.190. The van der Waals surface area contributed by atoms with Gasteiger partial charge >= 0.3 is 18.1 Å². The smallest absolute Gasteiger partial charge is 0.463 e. The molecule has 3 N–H and O–H groups in total. The number of hydrogen-bond donors (Lipinski definition) is 3. The Morgan fingerprint density at radius 2 is 1.87 bits per heavy atom. The van der Waals surface area contributed by atoms with Crippen LogP contribution in [0.4, 0.5) is 13.2 Å². The molecule has 0 saturated carbocycles. The van der Waals surface area contributed by atoms with Crippen molar-refractivity contribution < 1.29 is 42.1 Å². The normalized spacial score (nSPS) is 13.3. The van der Waals surface area contributed by atoms with E-state index in [1.54, 1.807) is 30.1 Å². The van der Waals surface area contributed by atoms with Crippen molar-refractivity contribution in [1.29, 1.82) is 0 Å². The molecule has 14 heteroatoms. The topological polar surface area (TPSA) is 133 Å². The van der Waals surface area contributed by atoms with Crippen LogP contribution in [-0.2, 0) is 30.4 Å². The third-order valence-corrected chi connectivity index (χ3v) is 5.35. The van der Waals surface area contributed by atoms with Crippen molar-refractivity contribution in [2.45, 2.75) is 64.8 Å². The number of carbonyl (C=O) groups is 3. The average molecular weight is 564 g/mol. The molecule has 1 rings (SSSR count). The number of nitrogens with one attached hydrogen (secondary N) is 2. The highest BCUT2D eigenvalue weighted by atomic mass is 19.4. The summed E-state index contributed by atoms with van der Waals surface area (Å²) in [6.45, 7) is 6.98. The first-order valence-electron chi connectivity index (χ1n) is 12.7. The summed E-state index contributed by atoms with van der Waals surface area (Å²) in [7, 11) is 3.86. The maximum atomic E-state index is 12.5. The number of aliphatic hydroxyl groups excluding tert-OH is 1. The van der Waals surface area contributed by atoms with Gasteiger partial charge in [-0.1, -0.05) is 0 Å². The lowest BCUT2D eigenvalue weighted by Crippen LogP contribution is -2.41. The van der Waals surface area contributed by atoms with Crippen LogP contribution in [0.25, 0.3) is 0 Å². The Balaban J connectivity index is 2.75. The van der Waals surface area contributed by atoms with Crippen molar-refractivity contribution in [1.82, 2.24) is 25.4 Å². The molecule has 0 bridgehead atoms. The Hall–Kier alpha value is -2.81. The molecule has 0 saturated heterocycles.